The van der Waals surface area contributed by atoms with Gasteiger partial charge in [-0.2, -0.15) is 0 Å². The van der Waals surface area contributed by atoms with Gasteiger partial charge in [0.1, 0.15) is 0 Å². The van der Waals surface area contributed by atoms with Crippen molar-refractivity contribution >= 4 is 29.1 Å². The number of benzene rings is 3. The first-order valence-electron chi connectivity index (χ1n) is 15.7. The van der Waals surface area contributed by atoms with Gasteiger partial charge in [-0.25, -0.2) is 0 Å². The molecule has 1 aromatic heterocycles. The molecule has 2 aliphatic heterocycles. The van der Waals surface area contributed by atoms with Crippen LogP contribution in [-0.2, 0) is 11.2 Å². The number of pyridine rings is 1. The second-order valence-electron chi connectivity index (χ2n) is 12.5. The number of hydrogen-bond acceptors (Lipinski definition) is 4. The molecule has 44 heavy (non-hydrogen) atoms. The molecular formula is C37H37ClN4O2. The normalized spacial score (nSPS) is 19.5. The molecule has 0 saturated carbocycles. The zero-order valence-electron chi connectivity index (χ0n) is 24.8. The maximum absolute atomic E-state index is 13.9. The van der Waals surface area contributed by atoms with Gasteiger partial charge in [-0.3, -0.25) is 14.6 Å². The van der Waals surface area contributed by atoms with Gasteiger partial charge in [0.25, 0.3) is 5.91 Å². The lowest BCUT2D eigenvalue weighted by Gasteiger charge is -2.39. The van der Waals surface area contributed by atoms with Crippen LogP contribution in [0.2, 0.25) is 5.02 Å². The highest BCUT2D eigenvalue weighted by atomic mass is 35.5. The van der Waals surface area contributed by atoms with E-state index in [9.17, 15) is 9.59 Å². The Morgan fingerprint density at radius 1 is 0.886 bits per heavy atom. The SMILES string of the molecule is O=C(NC1CCc2ccc(C(=O)N3CCC4(CC3)CCN(c3ccncc3)C4)cc21)C(c1ccccc1)c1ccccc1Cl. The number of hydrogen-bond donors (Lipinski definition) is 1. The molecule has 2 amide bonds. The fourth-order valence-corrected chi connectivity index (χ4v) is 7.70. The second-order valence-corrected chi connectivity index (χ2v) is 13.0. The van der Waals surface area contributed by atoms with Crippen LogP contribution >= 0.6 is 11.6 Å². The molecule has 2 atom stereocenters. The monoisotopic (exact) mass is 604 g/mol. The molecule has 6 nitrogen and oxygen atoms in total. The summed E-state index contributed by atoms with van der Waals surface area (Å²) in [6.07, 6.45) is 8.60. The zero-order chi connectivity index (χ0) is 30.1. The summed E-state index contributed by atoms with van der Waals surface area (Å²) in [4.78, 5) is 36.3. The molecular weight excluding hydrogens is 568 g/mol. The molecule has 2 unspecified atom stereocenters. The van der Waals surface area contributed by atoms with Gasteiger partial charge in [-0.05, 0) is 90.1 Å². The first kappa shape index (κ1) is 28.6. The standard InChI is InChI=1S/C37H37ClN4O2/c38-32-9-5-4-8-30(32)34(27-6-2-1-3-7-27)35(43)40-33-13-12-26-10-11-28(24-31(26)33)36(44)41-21-16-37(17-22-41)18-23-42(25-37)29-14-19-39-20-15-29/h1-11,14-15,19-20,24,33-34H,12-13,16-18,21-23,25H2,(H,40,43). The van der Waals surface area contributed by atoms with Gasteiger partial charge >= 0.3 is 0 Å². The first-order valence-corrected chi connectivity index (χ1v) is 16.0. The summed E-state index contributed by atoms with van der Waals surface area (Å²) in [5.74, 6) is -0.524. The van der Waals surface area contributed by atoms with Crippen molar-refractivity contribution < 1.29 is 9.59 Å². The molecule has 7 heteroatoms. The minimum atomic E-state index is -0.524. The van der Waals surface area contributed by atoms with E-state index in [0.717, 1.165) is 75.0 Å². The van der Waals surface area contributed by atoms with E-state index in [0.29, 0.717) is 10.6 Å². The number of nitrogens with one attached hydrogen (secondary N) is 1. The highest BCUT2D eigenvalue weighted by Crippen LogP contribution is 2.42. The summed E-state index contributed by atoms with van der Waals surface area (Å²) >= 11 is 6.59. The quantitative estimate of drug-likeness (QED) is 0.263. The molecule has 1 aliphatic carbocycles. The number of amides is 2. The molecule has 0 radical (unpaired) electrons. The van der Waals surface area contributed by atoms with Gasteiger partial charge in [0.05, 0.1) is 12.0 Å². The number of piperidine rings is 1. The lowest BCUT2D eigenvalue weighted by molar-refractivity contribution is -0.122. The molecule has 7 rings (SSSR count). The van der Waals surface area contributed by atoms with E-state index in [1.807, 2.05) is 84.0 Å². The Morgan fingerprint density at radius 3 is 2.39 bits per heavy atom. The van der Waals surface area contributed by atoms with Crippen LogP contribution in [0.5, 0.6) is 0 Å². The highest BCUT2D eigenvalue weighted by Gasteiger charge is 2.41. The predicted octanol–water partition coefficient (Wildman–Crippen LogP) is 6.80. The van der Waals surface area contributed by atoms with Gasteiger partial charge < -0.3 is 15.1 Å². The fourth-order valence-electron chi connectivity index (χ4n) is 7.45. The topological polar surface area (TPSA) is 65.5 Å². The zero-order valence-corrected chi connectivity index (χ0v) is 25.5. The molecule has 3 aliphatic rings. The van der Waals surface area contributed by atoms with Crippen molar-refractivity contribution in [1.29, 1.82) is 0 Å². The molecule has 2 saturated heterocycles. The predicted molar refractivity (Wildman–Crippen MR) is 174 cm³/mol. The Morgan fingerprint density at radius 2 is 1.61 bits per heavy atom. The number of carbonyl (C=O) groups is 2. The minimum Gasteiger partial charge on any atom is -0.371 e. The van der Waals surface area contributed by atoms with Crippen molar-refractivity contribution in [2.24, 2.45) is 5.41 Å². The molecule has 1 N–H and O–H groups in total. The van der Waals surface area contributed by atoms with Crippen LogP contribution in [0.25, 0.3) is 0 Å². The van der Waals surface area contributed by atoms with Gasteiger partial charge in [0, 0.05) is 54.8 Å². The van der Waals surface area contributed by atoms with Crippen LogP contribution < -0.4 is 10.2 Å². The molecule has 0 bridgehead atoms. The van der Waals surface area contributed by atoms with Crippen LogP contribution in [-0.4, -0.2) is 47.9 Å². The van der Waals surface area contributed by atoms with E-state index in [4.69, 9.17) is 11.6 Å². The molecule has 1 spiro atoms. The Hall–Kier alpha value is -4.16. The van der Waals surface area contributed by atoms with Crippen LogP contribution in [0.1, 0.15) is 70.3 Å². The maximum Gasteiger partial charge on any atom is 0.253 e. The Kier molecular flexibility index (Phi) is 7.85. The van der Waals surface area contributed by atoms with Crippen LogP contribution in [0.15, 0.2) is 97.3 Å². The van der Waals surface area contributed by atoms with Gasteiger partial charge in [0.2, 0.25) is 5.91 Å². The van der Waals surface area contributed by atoms with Crippen molar-refractivity contribution in [1.82, 2.24) is 15.2 Å². The van der Waals surface area contributed by atoms with Crippen molar-refractivity contribution in [3.63, 3.8) is 0 Å². The Balaban J connectivity index is 1.04. The van der Waals surface area contributed by atoms with Crippen molar-refractivity contribution in [2.75, 3.05) is 31.1 Å². The second kappa shape index (κ2) is 12.1. The third-order valence-electron chi connectivity index (χ3n) is 9.98. The van der Waals surface area contributed by atoms with Crippen molar-refractivity contribution in [3.8, 4) is 0 Å². The summed E-state index contributed by atoms with van der Waals surface area (Å²) in [6.45, 7) is 3.64. The summed E-state index contributed by atoms with van der Waals surface area (Å²) < 4.78 is 0. The third-order valence-corrected chi connectivity index (χ3v) is 10.3. The van der Waals surface area contributed by atoms with E-state index in [1.54, 1.807) is 0 Å². The van der Waals surface area contributed by atoms with Gasteiger partial charge in [0.15, 0.2) is 0 Å². The number of aryl methyl sites for hydroxylation is 1. The van der Waals surface area contributed by atoms with Crippen molar-refractivity contribution in [3.05, 3.63) is 130 Å². The lowest BCUT2D eigenvalue weighted by Crippen LogP contribution is -2.44. The van der Waals surface area contributed by atoms with E-state index in [2.05, 4.69) is 33.4 Å². The Bertz CT molecular complexity index is 1650. The lowest BCUT2D eigenvalue weighted by atomic mass is 9.77. The molecule has 2 fully saturated rings. The average molecular weight is 605 g/mol. The average Bonchev–Trinajstić information content (AvgIpc) is 3.67. The third kappa shape index (κ3) is 5.59. The highest BCUT2D eigenvalue weighted by molar-refractivity contribution is 6.31. The van der Waals surface area contributed by atoms with Crippen LogP contribution in [0, 0.1) is 5.41 Å². The number of halogens is 1. The molecule has 4 aromatic rings. The van der Waals surface area contributed by atoms with E-state index in [-0.39, 0.29) is 23.3 Å². The number of anilines is 1. The van der Waals surface area contributed by atoms with E-state index >= 15 is 0 Å². The molecule has 224 valence electrons. The molecule has 3 aromatic carbocycles. The number of aromatic nitrogens is 1. The van der Waals surface area contributed by atoms with E-state index < -0.39 is 5.92 Å². The van der Waals surface area contributed by atoms with Crippen LogP contribution in [0.4, 0.5) is 5.69 Å². The van der Waals surface area contributed by atoms with Gasteiger partial charge in [-0.15, -0.1) is 0 Å². The summed E-state index contributed by atoms with van der Waals surface area (Å²) in [7, 11) is 0. The summed E-state index contributed by atoms with van der Waals surface area (Å²) in [6, 6.07) is 27.4. The summed E-state index contributed by atoms with van der Waals surface area (Å²) in [5.41, 5.74) is 6.13. The van der Waals surface area contributed by atoms with Crippen LogP contribution in [0.3, 0.4) is 0 Å². The molecule has 3 heterocycles. The number of carbonyl (C=O) groups excluding carboxylic acids is 2. The summed E-state index contributed by atoms with van der Waals surface area (Å²) in [5, 5.41) is 3.90. The van der Waals surface area contributed by atoms with E-state index in [1.165, 1.54) is 11.3 Å². The number of nitrogens with zero attached hydrogens (tertiary/aromatic N) is 3. The maximum atomic E-state index is 13.9. The number of fused-ring (bicyclic) bond motifs is 1. The smallest absolute Gasteiger partial charge is 0.253 e. The number of likely N-dealkylation sites (tertiary alicyclic amines) is 1. The first-order chi connectivity index (χ1) is 21.5. The number of rotatable bonds is 6. The van der Waals surface area contributed by atoms with Gasteiger partial charge in [-0.1, -0.05) is 66.2 Å². The van der Waals surface area contributed by atoms with Crippen molar-refractivity contribution in [2.45, 2.75) is 44.1 Å². The largest absolute Gasteiger partial charge is 0.371 e. The minimum absolute atomic E-state index is 0.0850. The Labute approximate surface area is 264 Å². The fraction of sp³-hybridized carbons (Fsp3) is 0.324.